The van der Waals surface area contributed by atoms with E-state index < -0.39 is 0 Å². The molecule has 0 atom stereocenters. The number of hydrogen-bond donors (Lipinski definition) is 0. The Balaban J connectivity index is 1.83. The van der Waals surface area contributed by atoms with Crippen molar-refractivity contribution in [3.05, 3.63) is 66.0 Å². The number of hydrogen-bond acceptors (Lipinski definition) is 2. The molecule has 3 heteroatoms. The first-order valence-corrected chi connectivity index (χ1v) is 6.60. The molecule has 0 amide bonds. The van der Waals surface area contributed by atoms with Crippen molar-refractivity contribution < 1.29 is 9.47 Å². The molecule has 0 fully saturated rings. The molecule has 0 unspecified atom stereocenters. The standard InChI is InChI=1S/C17H17NO2/c1-13-10-18-11-15(8-9-16(18)17(13)19-2)20-12-14-6-4-3-5-7-14/h3-11H,12H2,1-2H3. The van der Waals surface area contributed by atoms with Crippen LogP contribution in [0.25, 0.3) is 5.52 Å². The normalized spacial score (nSPS) is 10.7. The van der Waals surface area contributed by atoms with Crippen molar-refractivity contribution in [3.63, 3.8) is 0 Å². The molecule has 1 aromatic carbocycles. The van der Waals surface area contributed by atoms with Crippen molar-refractivity contribution in [3.8, 4) is 11.5 Å². The smallest absolute Gasteiger partial charge is 0.147 e. The van der Waals surface area contributed by atoms with E-state index in [1.54, 1.807) is 7.11 Å². The zero-order valence-corrected chi connectivity index (χ0v) is 11.7. The van der Waals surface area contributed by atoms with E-state index in [-0.39, 0.29) is 0 Å². The van der Waals surface area contributed by atoms with E-state index in [1.807, 2.05) is 54.0 Å². The maximum absolute atomic E-state index is 5.82. The summed E-state index contributed by atoms with van der Waals surface area (Å²) in [6.07, 6.45) is 4.03. The number of aryl methyl sites for hydroxylation is 1. The van der Waals surface area contributed by atoms with Gasteiger partial charge in [0.05, 0.1) is 18.8 Å². The first kappa shape index (κ1) is 12.6. The summed E-state index contributed by atoms with van der Waals surface area (Å²) in [5, 5.41) is 0. The third kappa shape index (κ3) is 2.35. The molecule has 3 nitrogen and oxygen atoms in total. The van der Waals surface area contributed by atoms with Gasteiger partial charge in [0.2, 0.25) is 0 Å². The van der Waals surface area contributed by atoms with Gasteiger partial charge in [0.1, 0.15) is 18.1 Å². The maximum Gasteiger partial charge on any atom is 0.147 e. The summed E-state index contributed by atoms with van der Waals surface area (Å²) < 4.78 is 13.3. The predicted octanol–water partition coefficient (Wildman–Crippen LogP) is 3.84. The molecule has 3 rings (SSSR count). The van der Waals surface area contributed by atoms with Crippen LogP contribution < -0.4 is 9.47 Å². The minimum absolute atomic E-state index is 0.573. The van der Waals surface area contributed by atoms with Gasteiger partial charge in [0.25, 0.3) is 0 Å². The number of benzene rings is 1. The van der Waals surface area contributed by atoms with Crippen LogP contribution >= 0.6 is 0 Å². The summed E-state index contributed by atoms with van der Waals surface area (Å²) in [4.78, 5) is 0. The highest BCUT2D eigenvalue weighted by Gasteiger charge is 2.08. The highest BCUT2D eigenvalue weighted by Crippen LogP contribution is 2.28. The van der Waals surface area contributed by atoms with Gasteiger partial charge < -0.3 is 13.9 Å². The molecule has 0 saturated carbocycles. The average molecular weight is 267 g/mol. The van der Waals surface area contributed by atoms with E-state index in [4.69, 9.17) is 9.47 Å². The van der Waals surface area contributed by atoms with Crippen molar-refractivity contribution in [2.75, 3.05) is 7.11 Å². The van der Waals surface area contributed by atoms with E-state index in [0.717, 1.165) is 28.1 Å². The zero-order chi connectivity index (χ0) is 13.9. The number of rotatable bonds is 4. The Bertz CT molecular complexity index is 716. The van der Waals surface area contributed by atoms with Crippen molar-refractivity contribution in [1.82, 2.24) is 4.40 Å². The Morgan fingerprint density at radius 3 is 2.55 bits per heavy atom. The largest absolute Gasteiger partial charge is 0.494 e. The van der Waals surface area contributed by atoms with E-state index in [1.165, 1.54) is 0 Å². The summed E-state index contributed by atoms with van der Waals surface area (Å²) in [5.74, 6) is 1.76. The van der Waals surface area contributed by atoms with E-state index in [0.29, 0.717) is 6.61 Å². The number of aromatic nitrogens is 1. The highest BCUT2D eigenvalue weighted by atomic mass is 16.5. The van der Waals surface area contributed by atoms with Crippen LogP contribution in [0.15, 0.2) is 54.9 Å². The Morgan fingerprint density at radius 1 is 1.00 bits per heavy atom. The van der Waals surface area contributed by atoms with Crippen LogP contribution in [0.1, 0.15) is 11.1 Å². The number of methoxy groups -OCH3 is 1. The van der Waals surface area contributed by atoms with Crippen LogP contribution in [0.4, 0.5) is 0 Å². The molecular formula is C17H17NO2. The second-order valence-corrected chi connectivity index (χ2v) is 4.78. The number of fused-ring (bicyclic) bond motifs is 1. The maximum atomic E-state index is 5.82. The minimum Gasteiger partial charge on any atom is -0.494 e. The molecule has 2 aromatic heterocycles. The van der Waals surface area contributed by atoms with Crippen molar-refractivity contribution >= 4 is 5.52 Å². The van der Waals surface area contributed by atoms with Crippen LogP contribution in [0.3, 0.4) is 0 Å². The minimum atomic E-state index is 0.573. The zero-order valence-electron chi connectivity index (χ0n) is 11.7. The summed E-state index contributed by atoms with van der Waals surface area (Å²) >= 11 is 0. The topological polar surface area (TPSA) is 22.9 Å². The second kappa shape index (κ2) is 5.29. The van der Waals surface area contributed by atoms with E-state index >= 15 is 0 Å². The molecule has 0 aliphatic heterocycles. The Kier molecular flexibility index (Phi) is 3.33. The molecule has 0 spiro atoms. The molecule has 20 heavy (non-hydrogen) atoms. The van der Waals surface area contributed by atoms with Gasteiger partial charge in [0, 0.05) is 11.8 Å². The second-order valence-electron chi connectivity index (χ2n) is 4.78. The van der Waals surface area contributed by atoms with Crippen LogP contribution in [-0.4, -0.2) is 11.5 Å². The predicted molar refractivity (Wildman–Crippen MR) is 79.5 cm³/mol. The third-order valence-corrected chi connectivity index (χ3v) is 3.33. The average Bonchev–Trinajstić information content (AvgIpc) is 2.80. The molecule has 102 valence electrons. The number of ether oxygens (including phenoxy) is 2. The van der Waals surface area contributed by atoms with Crippen molar-refractivity contribution in [2.45, 2.75) is 13.5 Å². The van der Waals surface area contributed by atoms with Gasteiger partial charge in [-0.05, 0) is 24.6 Å². The fraction of sp³-hybridized carbons (Fsp3) is 0.176. The molecule has 0 bridgehead atoms. The van der Waals surface area contributed by atoms with E-state index in [2.05, 4.69) is 12.1 Å². The lowest BCUT2D eigenvalue weighted by Crippen LogP contribution is -1.96. The molecule has 0 N–H and O–H groups in total. The molecular weight excluding hydrogens is 250 g/mol. The summed E-state index contributed by atoms with van der Waals surface area (Å²) in [5.41, 5.74) is 3.33. The van der Waals surface area contributed by atoms with Gasteiger partial charge in [-0.25, -0.2) is 0 Å². The molecule has 2 heterocycles. The van der Waals surface area contributed by atoms with Gasteiger partial charge in [-0.3, -0.25) is 0 Å². The number of nitrogens with zero attached hydrogens (tertiary/aromatic N) is 1. The molecule has 3 aromatic rings. The van der Waals surface area contributed by atoms with Gasteiger partial charge in [-0.1, -0.05) is 30.3 Å². The highest BCUT2D eigenvalue weighted by molar-refractivity contribution is 5.65. The van der Waals surface area contributed by atoms with Gasteiger partial charge in [0.15, 0.2) is 0 Å². The van der Waals surface area contributed by atoms with Crippen LogP contribution in [0.2, 0.25) is 0 Å². The third-order valence-electron chi connectivity index (χ3n) is 3.33. The fourth-order valence-corrected chi connectivity index (χ4v) is 2.36. The Labute approximate surface area is 118 Å². The summed E-state index contributed by atoms with van der Waals surface area (Å²) in [6.45, 7) is 2.61. The van der Waals surface area contributed by atoms with Crippen molar-refractivity contribution in [1.29, 1.82) is 0 Å². The quantitative estimate of drug-likeness (QED) is 0.717. The summed E-state index contributed by atoms with van der Waals surface area (Å²) in [7, 11) is 1.70. The molecule has 0 radical (unpaired) electrons. The van der Waals surface area contributed by atoms with Gasteiger partial charge in [-0.15, -0.1) is 0 Å². The SMILES string of the molecule is COc1c(C)cn2cc(OCc3ccccc3)ccc12. The first-order valence-electron chi connectivity index (χ1n) is 6.60. The fourth-order valence-electron chi connectivity index (χ4n) is 2.36. The van der Waals surface area contributed by atoms with Crippen LogP contribution in [-0.2, 0) is 6.61 Å². The Hall–Kier alpha value is -2.42. The summed E-state index contributed by atoms with van der Waals surface area (Å²) in [6, 6.07) is 14.1. The van der Waals surface area contributed by atoms with Gasteiger partial charge >= 0.3 is 0 Å². The first-order chi connectivity index (χ1) is 9.78. The van der Waals surface area contributed by atoms with Gasteiger partial charge in [-0.2, -0.15) is 0 Å². The van der Waals surface area contributed by atoms with Crippen LogP contribution in [0.5, 0.6) is 11.5 Å². The lowest BCUT2D eigenvalue weighted by Gasteiger charge is -2.07. The Morgan fingerprint density at radius 2 is 1.80 bits per heavy atom. The van der Waals surface area contributed by atoms with Crippen molar-refractivity contribution in [2.24, 2.45) is 0 Å². The van der Waals surface area contributed by atoms with Crippen LogP contribution in [0, 0.1) is 6.92 Å². The lowest BCUT2D eigenvalue weighted by molar-refractivity contribution is 0.304. The number of pyridine rings is 1. The molecule has 0 aliphatic carbocycles. The lowest BCUT2D eigenvalue weighted by atomic mass is 10.2. The van der Waals surface area contributed by atoms with E-state index in [9.17, 15) is 0 Å². The monoisotopic (exact) mass is 267 g/mol. The molecule has 0 aliphatic rings. The molecule has 0 saturated heterocycles.